The summed E-state index contributed by atoms with van der Waals surface area (Å²) in [5.74, 6) is 0. The van der Waals surface area contributed by atoms with Gasteiger partial charge in [0.05, 0.1) is 6.10 Å². The van der Waals surface area contributed by atoms with Crippen molar-refractivity contribution < 1.29 is 14.6 Å². The first-order chi connectivity index (χ1) is 6.35. The standard InChI is InChI=1S/C10H21O3/c1-3-6-10(13-9-11)7-5-8-12-4-2/h10-11H,1,3-9H2,2H3. The van der Waals surface area contributed by atoms with Crippen molar-refractivity contribution in [2.24, 2.45) is 0 Å². The Balaban J connectivity index is 3.33. The van der Waals surface area contributed by atoms with Crippen LogP contribution in [-0.4, -0.2) is 31.2 Å². The molecular formula is C10H21O3. The predicted molar refractivity (Wildman–Crippen MR) is 52.3 cm³/mol. The van der Waals surface area contributed by atoms with Crippen molar-refractivity contribution in [3.63, 3.8) is 0 Å². The molecule has 1 N–H and O–H groups in total. The highest BCUT2D eigenvalue weighted by molar-refractivity contribution is 4.58. The van der Waals surface area contributed by atoms with Crippen LogP contribution in [0.2, 0.25) is 0 Å². The van der Waals surface area contributed by atoms with Crippen molar-refractivity contribution in [2.75, 3.05) is 20.0 Å². The van der Waals surface area contributed by atoms with Crippen LogP contribution in [-0.2, 0) is 9.47 Å². The van der Waals surface area contributed by atoms with Crippen molar-refractivity contribution >= 4 is 0 Å². The fourth-order valence-electron chi connectivity index (χ4n) is 1.20. The van der Waals surface area contributed by atoms with Gasteiger partial charge in [-0.1, -0.05) is 13.3 Å². The highest BCUT2D eigenvalue weighted by Gasteiger charge is 2.06. The van der Waals surface area contributed by atoms with Crippen LogP contribution in [0.15, 0.2) is 0 Å². The summed E-state index contributed by atoms with van der Waals surface area (Å²) < 4.78 is 10.3. The fraction of sp³-hybridized carbons (Fsp3) is 0.900. The molecule has 0 aliphatic carbocycles. The molecule has 1 radical (unpaired) electrons. The highest BCUT2D eigenvalue weighted by Crippen LogP contribution is 2.08. The van der Waals surface area contributed by atoms with Gasteiger partial charge in [0, 0.05) is 13.2 Å². The lowest BCUT2D eigenvalue weighted by Gasteiger charge is -2.14. The Labute approximate surface area is 81.0 Å². The summed E-state index contributed by atoms with van der Waals surface area (Å²) in [6, 6.07) is 0. The molecule has 0 saturated heterocycles. The maximum absolute atomic E-state index is 8.59. The lowest BCUT2D eigenvalue weighted by Crippen LogP contribution is -2.14. The predicted octanol–water partition coefficient (Wildman–Crippen LogP) is 1.75. The third-order valence-corrected chi connectivity index (χ3v) is 1.86. The minimum atomic E-state index is -0.195. The second kappa shape index (κ2) is 9.96. The number of ether oxygens (including phenoxy) is 2. The normalized spacial score (nSPS) is 13.2. The molecule has 0 saturated carbocycles. The number of hydrogen-bond donors (Lipinski definition) is 1. The smallest absolute Gasteiger partial charge is 0.143 e. The third kappa shape index (κ3) is 8.22. The monoisotopic (exact) mass is 189 g/mol. The van der Waals surface area contributed by atoms with Crippen LogP contribution in [0.25, 0.3) is 0 Å². The molecule has 0 aliphatic rings. The van der Waals surface area contributed by atoms with E-state index < -0.39 is 0 Å². The van der Waals surface area contributed by atoms with Crippen LogP contribution < -0.4 is 0 Å². The molecule has 0 amide bonds. The van der Waals surface area contributed by atoms with Gasteiger partial charge in [-0.05, 0) is 26.2 Å². The summed E-state index contributed by atoms with van der Waals surface area (Å²) in [5, 5.41) is 8.59. The molecule has 0 rings (SSSR count). The lowest BCUT2D eigenvalue weighted by molar-refractivity contribution is -0.0578. The molecular weight excluding hydrogens is 168 g/mol. The average molecular weight is 189 g/mol. The minimum absolute atomic E-state index is 0.142. The molecule has 3 heteroatoms. The molecule has 3 nitrogen and oxygen atoms in total. The minimum Gasteiger partial charge on any atom is -0.382 e. The van der Waals surface area contributed by atoms with E-state index in [0.717, 1.165) is 38.9 Å². The van der Waals surface area contributed by atoms with Gasteiger partial charge in [0.2, 0.25) is 0 Å². The van der Waals surface area contributed by atoms with Crippen molar-refractivity contribution in [1.29, 1.82) is 0 Å². The number of hydrogen-bond acceptors (Lipinski definition) is 3. The van der Waals surface area contributed by atoms with Gasteiger partial charge in [0.15, 0.2) is 0 Å². The van der Waals surface area contributed by atoms with Gasteiger partial charge in [-0.2, -0.15) is 0 Å². The Morgan fingerprint density at radius 2 is 2.15 bits per heavy atom. The zero-order valence-electron chi connectivity index (χ0n) is 8.50. The van der Waals surface area contributed by atoms with E-state index in [-0.39, 0.29) is 12.9 Å². The van der Waals surface area contributed by atoms with Gasteiger partial charge in [-0.15, -0.1) is 0 Å². The van der Waals surface area contributed by atoms with E-state index in [1.807, 2.05) is 6.92 Å². The first-order valence-electron chi connectivity index (χ1n) is 4.94. The first-order valence-corrected chi connectivity index (χ1v) is 4.94. The summed E-state index contributed by atoms with van der Waals surface area (Å²) in [5.41, 5.74) is 0. The second-order valence-corrected chi connectivity index (χ2v) is 2.90. The molecule has 0 aromatic heterocycles. The number of aliphatic hydroxyl groups excluding tert-OH is 1. The molecule has 0 spiro atoms. The molecule has 0 aliphatic heterocycles. The van der Waals surface area contributed by atoms with Crippen molar-refractivity contribution in [3.05, 3.63) is 6.92 Å². The molecule has 0 fully saturated rings. The quantitative estimate of drug-likeness (QED) is 0.443. The number of aliphatic hydroxyl groups is 1. The molecule has 0 aromatic rings. The molecule has 0 heterocycles. The van der Waals surface area contributed by atoms with Gasteiger partial charge in [0.1, 0.15) is 6.79 Å². The van der Waals surface area contributed by atoms with E-state index in [9.17, 15) is 0 Å². The summed E-state index contributed by atoms with van der Waals surface area (Å²) in [6.07, 6.45) is 3.82. The van der Waals surface area contributed by atoms with Gasteiger partial charge < -0.3 is 14.6 Å². The molecule has 1 atom stereocenters. The Hall–Kier alpha value is -0.120. The third-order valence-electron chi connectivity index (χ3n) is 1.86. The van der Waals surface area contributed by atoms with Crippen LogP contribution in [0.5, 0.6) is 0 Å². The van der Waals surface area contributed by atoms with E-state index in [1.54, 1.807) is 0 Å². The average Bonchev–Trinajstić information content (AvgIpc) is 2.13. The first kappa shape index (κ1) is 12.9. The highest BCUT2D eigenvalue weighted by atomic mass is 16.6. The molecule has 79 valence electrons. The maximum Gasteiger partial charge on any atom is 0.143 e. The van der Waals surface area contributed by atoms with Crippen LogP contribution in [0.3, 0.4) is 0 Å². The number of rotatable bonds is 9. The Morgan fingerprint density at radius 3 is 2.69 bits per heavy atom. The van der Waals surface area contributed by atoms with Crippen molar-refractivity contribution in [1.82, 2.24) is 0 Å². The molecule has 0 aromatic carbocycles. The van der Waals surface area contributed by atoms with E-state index in [0.29, 0.717) is 0 Å². The van der Waals surface area contributed by atoms with E-state index in [1.165, 1.54) is 0 Å². The largest absolute Gasteiger partial charge is 0.382 e. The Bertz CT molecular complexity index is 90.2. The van der Waals surface area contributed by atoms with Crippen LogP contribution in [0, 0.1) is 6.92 Å². The maximum atomic E-state index is 8.59. The second-order valence-electron chi connectivity index (χ2n) is 2.90. The van der Waals surface area contributed by atoms with Crippen LogP contribution in [0.1, 0.15) is 32.6 Å². The van der Waals surface area contributed by atoms with Gasteiger partial charge in [-0.3, -0.25) is 0 Å². The summed E-state index contributed by atoms with van der Waals surface area (Å²) >= 11 is 0. The summed E-state index contributed by atoms with van der Waals surface area (Å²) in [4.78, 5) is 0. The Morgan fingerprint density at radius 1 is 1.38 bits per heavy atom. The van der Waals surface area contributed by atoms with E-state index in [2.05, 4.69) is 6.92 Å². The topological polar surface area (TPSA) is 38.7 Å². The van der Waals surface area contributed by atoms with Crippen LogP contribution >= 0.6 is 0 Å². The van der Waals surface area contributed by atoms with E-state index in [4.69, 9.17) is 14.6 Å². The zero-order chi connectivity index (χ0) is 9.94. The van der Waals surface area contributed by atoms with Crippen LogP contribution in [0.4, 0.5) is 0 Å². The van der Waals surface area contributed by atoms with Crippen molar-refractivity contribution in [3.8, 4) is 0 Å². The van der Waals surface area contributed by atoms with Crippen molar-refractivity contribution in [2.45, 2.75) is 38.7 Å². The lowest BCUT2D eigenvalue weighted by atomic mass is 10.1. The summed E-state index contributed by atoms with van der Waals surface area (Å²) in [6.45, 7) is 7.09. The SMILES string of the molecule is [CH2]CCC(CCCOCC)OCO. The summed E-state index contributed by atoms with van der Waals surface area (Å²) in [7, 11) is 0. The molecule has 0 bridgehead atoms. The fourth-order valence-corrected chi connectivity index (χ4v) is 1.20. The Kier molecular flexibility index (Phi) is 9.87. The van der Waals surface area contributed by atoms with Gasteiger partial charge in [-0.25, -0.2) is 0 Å². The molecule has 13 heavy (non-hydrogen) atoms. The van der Waals surface area contributed by atoms with Gasteiger partial charge >= 0.3 is 0 Å². The van der Waals surface area contributed by atoms with Gasteiger partial charge in [0.25, 0.3) is 0 Å². The molecule has 1 unspecified atom stereocenters. The zero-order valence-corrected chi connectivity index (χ0v) is 8.50. The van der Waals surface area contributed by atoms with E-state index >= 15 is 0 Å².